The lowest BCUT2D eigenvalue weighted by Gasteiger charge is -2.28. The summed E-state index contributed by atoms with van der Waals surface area (Å²) in [7, 11) is 0. The molecular formula is C19H26FN3S. The number of aryl methyl sites for hydroxylation is 1. The molecule has 5 heteroatoms. The maximum Gasteiger partial charge on any atom is 0.123 e. The average Bonchev–Trinajstić information content (AvgIpc) is 3.20. The number of halogens is 1. The molecule has 1 fully saturated rings. The Kier molecular flexibility index (Phi) is 5.98. The van der Waals surface area contributed by atoms with E-state index in [0.717, 1.165) is 44.3 Å². The third-order valence-electron chi connectivity index (χ3n) is 4.86. The lowest BCUT2D eigenvalue weighted by Crippen LogP contribution is -2.33. The standard InChI is InChI=1S/C19H26FN3S/c1-14(17-3-5-18(20)6-4-17)10-23(11-16-7-8-21-9-16)12-19-15(2)22-13-24-19/h3-6,13-14,16,21H,7-12H2,1-2H3. The Hall–Kier alpha value is -1.30. The van der Waals surface area contributed by atoms with Crippen LogP contribution in [0.2, 0.25) is 0 Å². The van der Waals surface area contributed by atoms with Gasteiger partial charge in [-0.25, -0.2) is 9.37 Å². The molecule has 24 heavy (non-hydrogen) atoms. The molecule has 0 amide bonds. The van der Waals surface area contributed by atoms with E-state index in [2.05, 4.69) is 29.0 Å². The van der Waals surface area contributed by atoms with Gasteiger partial charge in [0, 0.05) is 24.5 Å². The first-order valence-electron chi connectivity index (χ1n) is 8.69. The second-order valence-electron chi connectivity index (χ2n) is 6.87. The number of aromatic nitrogens is 1. The number of nitrogens with one attached hydrogen (secondary N) is 1. The van der Waals surface area contributed by atoms with Crippen molar-refractivity contribution in [3.8, 4) is 0 Å². The maximum absolute atomic E-state index is 13.2. The number of hydrogen-bond acceptors (Lipinski definition) is 4. The fraction of sp³-hybridized carbons (Fsp3) is 0.526. The minimum Gasteiger partial charge on any atom is -0.316 e. The Labute approximate surface area is 147 Å². The van der Waals surface area contributed by atoms with E-state index in [4.69, 9.17) is 0 Å². The van der Waals surface area contributed by atoms with Crippen molar-refractivity contribution in [3.05, 3.63) is 51.7 Å². The predicted molar refractivity (Wildman–Crippen MR) is 97.9 cm³/mol. The monoisotopic (exact) mass is 347 g/mol. The number of nitrogens with zero attached hydrogens (tertiary/aromatic N) is 2. The van der Waals surface area contributed by atoms with Gasteiger partial charge in [0.25, 0.3) is 0 Å². The first kappa shape index (κ1) is 17.5. The Morgan fingerprint density at radius 1 is 1.38 bits per heavy atom. The predicted octanol–water partition coefficient (Wildman–Crippen LogP) is 3.81. The van der Waals surface area contributed by atoms with Crippen LogP contribution in [-0.2, 0) is 6.54 Å². The van der Waals surface area contributed by atoms with Crippen molar-refractivity contribution in [3.63, 3.8) is 0 Å². The van der Waals surface area contributed by atoms with Gasteiger partial charge in [0.05, 0.1) is 11.2 Å². The minimum atomic E-state index is -0.167. The van der Waals surface area contributed by atoms with Gasteiger partial charge in [-0.05, 0) is 56.0 Å². The average molecular weight is 348 g/mol. The van der Waals surface area contributed by atoms with Gasteiger partial charge in [-0.15, -0.1) is 11.3 Å². The molecule has 3 nitrogen and oxygen atoms in total. The van der Waals surface area contributed by atoms with Gasteiger partial charge in [-0.1, -0.05) is 19.1 Å². The van der Waals surface area contributed by atoms with Gasteiger partial charge in [-0.2, -0.15) is 0 Å². The summed E-state index contributed by atoms with van der Waals surface area (Å²) in [5, 5.41) is 3.46. The molecule has 0 radical (unpaired) electrons. The van der Waals surface area contributed by atoms with Crippen LogP contribution in [0.25, 0.3) is 0 Å². The van der Waals surface area contributed by atoms with Gasteiger partial charge in [0.2, 0.25) is 0 Å². The van der Waals surface area contributed by atoms with Gasteiger partial charge < -0.3 is 5.32 Å². The zero-order chi connectivity index (χ0) is 16.9. The van der Waals surface area contributed by atoms with Crippen molar-refractivity contribution in [2.45, 2.75) is 32.7 Å². The normalized spacial score (nSPS) is 19.1. The summed E-state index contributed by atoms with van der Waals surface area (Å²) in [5.41, 5.74) is 4.28. The van der Waals surface area contributed by atoms with Gasteiger partial charge in [-0.3, -0.25) is 4.90 Å². The first-order valence-corrected chi connectivity index (χ1v) is 9.57. The summed E-state index contributed by atoms with van der Waals surface area (Å²) in [4.78, 5) is 8.29. The van der Waals surface area contributed by atoms with E-state index in [1.165, 1.54) is 16.9 Å². The highest BCUT2D eigenvalue weighted by atomic mass is 32.1. The first-order chi connectivity index (χ1) is 11.6. The van der Waals surface area contributed by atoms with Crippen LogP contribution in [0.5, 0.6) is 0 Å². The highest BCUT2D eigenvalue weighted by molar-refractivity contribution is 7.09. The van der Waals surface area contributed by atoms with Crippen LogP contribution in [0.1, 0.15) is 35.4 Å². The molecule has 2 heterocycles. The van der Waals surface area contributed by atoms with Gasteiger partial charge in [0.1, 0.15) is 5.82 Å². The van der Waals surface area contributed by atoms with Crippen molar-refractivity contribution in [2.24, 2.45) is 5.92 Å². The fourth-order valence-corrected chi connectivity index (χ4v) is 4.22. The molecule has 2 unspecified atom stereocenters. The molecule has 3 rings (SSSR count). The molecule has 0 spiro atoms. The van der Waals surface area contributed by atoms with Crippen LogP contribution in [0, 0.1) is 18.7 Å². The molecule has 2 atom stereocenters. The van der Waals surface area contributed by atoms with Crippen LogP contribution in [0.15, 0.2) is 29.8 Å². The number of rotatable bonds is 7. The number of thiazole rings is 1. The summed E-state index contributed by atoms with van der Waals surface area (Å²) in [6.07, 6.45) is 1.25. The van der Waals surface area contributed by atoms with Crippen molar-refractivity contribution >= 4 is 11.3 Å². The Bertz CT molecular complexity index is 634. The molecule has 0 saturated carbocycles. The van der Waals surface area contributed by atoms with E-state index < -0.39 is 0 Å². The Balaban J connectivity index is 1.68. The number of benzene rings is 1. The van der Waals surface area contributed by atoms with E-state index in [1.54, 1.807) is 23.5 Å². The van der Waals surface area contributed by atoms with Crippen molar-refractivity contribution in [1.29, 1.82) is 0 Å². The number of hydrogen-bond donors (Lipinski definition) is 1. The Morgan fingerprint density at radius 3 is 2.79 bits per heavy atom. The highest BCUT2D eigenvalue weighted by Crippen LogP contribution is 2.22. The molecule has 2 aromatic rings. The molecule has 1 aromatic carbocycles. The second-order valence-corrected chi connectivity index (χ2v) is 7.81. The van der Waals surface area contributed by atoms with Crippen LogP contribution in [0.4, 0.5) is 4.39 Å². The SMILES string of the molecule is Cc1ncsc1CN(CC1CCNC1)CC(C)c1ccc(F)cc1. The van der Waals surface area contributed by atoms with Gasteiger partial charge >= 0.3 is 0 Å². The summed E-state index contributed by atoms with van der Waals surface area (Å²) in [5.74, 6) is 0.937. The summed E-state index contributed by atoms with van der Waals surface area (Å²) >= 11 is 1.74. The highest BCUT2D eigenvalue weighted by Gasteiger charge is 2.21. The Morgan fingerprint density at radius 2 is 2.17 bits per heavy atom. The molecular weight excluding hydrogens is 321 g/mol. The zero-order valence-electron chi connectivity index (χ0n) is 14.5. The topological polar surface area (TPSA) is 28.2 Å². The van der Waals surface area contributed by atoms with Crippen LogP contribution >= 0.6 is 11.3 Å². The quantitative estimate of drug-likeness (QED) is 0.826. The van der Waals surface area contributed by atoms with E-state index in [1.807, 2.05) is 17.6 Å². The molecule has 1 aromatic heterocycles. The maximum atomic E-state index is 13.2. The lowest BCUT2D eigenvalue weighted by atomic mass is 9.99. The smallest absolute Gasteiger partial charge is 0.123 e. The summed E-state index contributed by atoms with van der Waals surface area (Å²) in [6, 6.07) is 6.94. The molecule has 1 aliphatic rings. The van der Waals surface area contributed by atoms with E-state index in [-0.39, 0.29) is 5.82 Å². The molecule has 130 valence electrons. The molecule has 1 N–H and O–H groups in total. The lowest BCUT2D eigenvalue weighted by molar-refractivity contribution is 0.220. The largest absolute Gasteiger partial charge is 0.316 e. The third kappa shape index (κ3) is 4.62. The van der Waals surface area contributed by atoms with Crippen molar-refractivity contribution < 1.29 is 4.39 Å². The molecule has 0 aliphatic carbocycles. The van der Waals surface area contributed by atoms with E-state index in [9.17, 15) is 4.39 Å². The van der Waals surface area contributed by atoms with Crippen LogP contribution in [0.3, 0.4) is 0 Å². The second kappa shape index (κ2) is 8.19. The van der Waals surface area contributed by atoms with Crippen molar-refractivity contribution in [1.82, 2.24) is 15.2 Å². The molecule has 1 saturated heterocycles. The van der Waals surface area contributed by atoms with Crippen LogP contribution in [-0.4, -0.2) is 36.1 Å². The fourth-order valence-electron chi connectivity index (χ4n) is 3.40. The van der Waals surface area contributed by atoms with E-state index in [0.29, 0.717) is 5.92 Å². The summed E-state index contributed by atoms with van der Waals surface area (Å²) in [6.45, 7) is 9.61. The minimum absolute atomic E-state index is 0.167. The van der Waals surface area contributed by atoms with Gasteiger partial charge in [0.15, 0.2) is 0 Å². The molecule has 1 aliphatic heterocycles. The van der Waals surface area contributed by atoms with E-state index >= 15 is 0 Å². The molecule has 0 bridgehead atoms. The zero-order valence-corrected chi connectivity index (χ0v) is 15.3. The van der Waals surface area contributed by atoms with Crippen molar-refractivity contribution in [2.75, 3.05) is 26.2 Å². The summed E-state index contributed by atoms with van der Waals surface area (Å²) < 4.78 is 13.2. The van der Waals surface area contributed by atoms with Crippen LogP contribution < -0.4 is 5.32 Å². The third-order valence-corrected chi connectivity index (χ3v) is 5.78.